The second-order valence-electron chi connectivity index (χ2n) is 4.22. The van der Waals surface area contributed by atoms with Crippen molar-refractivity contribution in [2.75, 3.05) is 0 Å². The van der Waals surface area contributed by atoms with Crippen LogP contribution >= 0.6 is 22.9 Å². The first-order valence-corrected chi connectivity index (χ1v) is 7.22. The van der Waals surface area contributed by atoms with Crippen LogP contribution in [0.5, 0.6) is 0 Å². The molecule has 0 amide bonds. The molecule has 0 saturated carbocycles. The van der Waals surface area contributed by atoms with Crippen LogP contribution in [-0.4, -0.2) is 5.78 Å². The Morgan fingerprint density at radius 1 is 1.22 bits per heavy atom. The highest BCUT2D eigenvalue weighted by atomic mass is 35.5. The number of hydrogen-bond donors (Lipinski definition) is 0. The smallest absolute Gasteiger partial charge is 0.145 e. The van der Waals surface area contributed by atoms with Crippen LogP contribution in [-0.2, 0) is 11.2 Å². The Morgan fingerprint density at radius 3 is 2.50 bits per heavy atom. The van der Waals surface area contributed by atoms with Gasteiger partial charge >= 0.3 is 0 Å². The van der Waals surface area contributed by atoms with E-state index >= 15 is 0 Å². The highest BCUT2D eigenvalue weighted by molar-refractivity contribution is 7.16. The Balaban J connectivity index is 2.11. The highest BCUT2D eigenvalue weighted by Gasteiger charge is 2.19. The van der Waals surface area contributed by atoms with Crippen molar-refractivity contribution < 1.29 is 4.79 Å². The number of hydrogen-bond acceptors (Lipinski definition) is 2. The predicted molar refractivity (Wildman–Crippen MR) is 77.5 cm³/mol. The molecule has 1 nitrogen and oxygen atoms in total. The Hall–Kier alpha value is -1.12. The number of carbonyl (C=O) groups is 1. The summed E-state index contributed by atoms with van der Waals surface area (Å²) in [5.74, 6) is 0.259. The Labute approximate surface area is 116 Å². The summed E-state index contributed by atoms with van der Waals surface area (Å²) in [5, 5.41) is 0. The van der Waals surface area contributed by atoms with Crippen molar-refractivity contribution in [3.05, 3.63) is 57.2 Å². The van der Waals surface area contributed by atoms with E-state index in [1.54, 1.807) is 0 Å². The predicted octanol–water partition coefficient (Wildman–Crippen LogP) is 4.71. The number of halogens is 1. The summed E-state index contributed by atoms with van der Waals surface area (Å²) in [6.07, 6.45) is 1.31. The van der Waals surface area contributed by atoms with Crippen molar-refractivity contribution in [2.45, 2.75) is 25.7 Å². The standard InChI is InChI=1S/C15H15ClOS/c1-2-13(11-6-4-3-5-7-11)14(17)10-12-8-9-15(16)18-12/h3-9,13H,2,10H2,1H3. The third-order valence-corrected chi connectivity index (χ3v) is 4.21. The lowest BCUT2D eigenvalue weighted by Crippen LogP contribution is -2.13. The number of Topliss-reactive ketones (excluding diaryl/α,β-unsaturated/α-hetero) is 1. The summed E-state index contributed by atoms with van der Waals surface area (Å²) in [6.45, 7) is 2.05. The molecular formula is C15H15ClOS. The lowest BCUT2D eigenvalue weighted by Gasteiger charge is -2.13. The van der Waals surface area contributed by atoms with Gasteiger partial charge in [0.1, 0.15) is 5.78 Å². The van der Waals surface area contributed by atoms with Crippen LogP contribution in [0, 0.1) is 0 Å². The van der Waals surface area contributed by atoms with Gasteiger partial charge in [0.25, 0.3) is 0 Å². The molecule has 2 aromatic rings. The van der Waals surface area contributed by atoms with Crippen molar-refractivity contribution in [1.29, 1.82) is 0 Å². The molecule has 0 spiro atoms. The topological polar surface area (TPSA) is 17.1 Å². The van der Waals surface area contributed by atoms with Gasteiger partial charge in [-0.2, -0.15) is 0 Å². The minimum Gasteiger partial charge on any atom is -0.299 e. The van der Waals surface area contributed by atoms with E-state index in [1.807, 2.05) is 42.5 Å². The normalized spacial score (nSPS) is 12.3. The number of carbonyl (C=O) groups excluding carboxylic acids is 1. The second-order valence-corrected chi connectivity index (χ2v) is 6.02. The maximum absolute atomic E-state index is 12.3. The van der Waals surface area contributed by atoms with Crippen LogP contribution in [0.3, 0.4) is 0 Å². The van der Waals surface area contributed by atoms with E-state index in [4.69, 9.17) is 11.6 Å². The van der Waals surface area contributed by atoms with Gasteiger partial charge in [-0.05, 0) is 24.1 Å². The van der Waals surface area contributed by atoms with Crippen LogP contribution in [0.2, 0.25) is 4.34 Å². The molecule has 0 aliphatic carbocycles. The molecule has 94 valence electrons. The van der Waals surface area contributed by atoms with E-state index in [9.17, 15) is 4.79 Å². The van der Waals surface area contributed by atoms with Gasteiger partial charge in [-0.1, -0.05) is 48.9 Å². The van der Waals surface area contributed by atoms with Crippen LogP contribution in [0.1, 0.15) is 29.7 Å². The first-order chi connectivity index (χ1) is 8.70. The largest absolute Gasteiger partial charge is 0.299 e. The average molecular weight is 279 g/mol. The Morgan fingerprint density at radius 2 is 1.94 bits per heavy atom. The second kappa shape index (κ2) is 6.17. The van der Waals surface area contributed by atoms with Gasteiger partial charge in [0.2, 0.25) is 0 Å². The lowest BCUT2D eigenvalue weighted by atomic mass is 9.90. The first kappa shape index (κ1) is 13.3. The molecule has 0 bridgehead atoms. The SMILES string of the molecule is CCC(C(=O)Cc1ccc(Cl)s1)c1ccccc1. The zero-order chi connectivity index (χ0) is 13.0. The Bertz CT molecular complexity index is 518. The number of rotatable bonds is 5. The van der Waals surface area contributed by atoms with Gasteiger partial charge < -0.3 is 0 Å². The summed E-state index contributed by atoms with van der Waals surface area (Å²) >= 11 is 7.37. The van der Waals surface area contributed by atoms with Gasteiger partial charge in [-0.15, -0.1) is 11.3 Å². The third-order valence-electron chi connectivity index (χ3n) is 2.98. The zero-order valence-corrected chi connectivity index (χ0v) is 11.8. The van der Waals surface area contributed by atoms with Crippen molar-refractivity contribution >= 4 is 28.7 Å². The minimum absolute atomic E-state index is 0.00734. The summed E-state index contributed by atoms with van der Waals surface area (Å²) in [4.78, 5) is 13.4. The van der Waals surface area contributed by atoms with Gasteiger partial charge in [0.15, 0.2) is 0 Å². The summed E-state index contributed by atoms with van der Waals surface area (Å²) < 4.78 is 0.741. The molecule has 1 atom stereocenters. The minimum atomic E-state index is -0.00734. The highest BCUT2D eigenvalue weighted by Crippen LogP contribution is 2.26. The number of benzene rings is 1. The van der Waals surface area contributed by atoms with Crippen LogP contribution in [0.15, 0.2) is 42.5 Å². The number of ketones is 1. The van der Waals surface area contributed by atoms with Gasteiger partial charge in [-0.25, -0.2) is 0 Å². The van der Waals surface area contributed by atoms with E-state index in [1.165, 1.54) is 11.3 Å². The summed E-state index contributed by atoms with van der Waals surface area (Å²) in [6, 6.07) is 13.8. The molecule has 0 aliphatic rings. The molecule has 2 rings (SSSR count). The molecule has 1 aromatic heterocycles. The quantitative estimate of drug-likeness (QED) is 0.774. The molecule has 18 heavy (non-hydrogen) atoms. The van der Waals surface area contributed by atoms with E-state index < -0.39 is 0 Å². The fraction of sp³-hybridized carbons (Fsp3) is 0.267. The molecule has 1 heterocycles. The van der Waals surface area contributed by atoms with Crippen molar-refractivity contribution in [3.8, 4) is 0 Å². The van der Waals surface area contributed by atoms with E-state index in [0.29, 0.717) is 6.42 Å². The van der Waals surface area contributed by atoms with Gasteiger partial charge in [0, 0.05) is 17.2 Å². The van der Waals surface area contributed by atoms with Crippen molar-refractivity contribution in [1.82, 2.24) is 0 Å². The fourth-order valence-corrected chi connectivity index (χ4v) is 3.17. The molecule has 3 heteroatoms. The van der Waals surface area contributed by atoms with Crippen LogP contribution in [0.4, 0.5) is 0 Å². The molecule has 0 saturated heterocycles. The zero-order valence-electron chi connectivity index (χ0n) is 10.2. The third kappa shape index (κ3) is 3.21. The van der Waals surface area contributed by atoms with Crippen molar-refractivity contribution in [3.63, 3.8) is 0 Å². The van der Waals surface area contributed by atoms with Gasteiger partial charge in [0.05, 0.1) is 4.34 Å². The van der Waals surface area contributed by atoms with E-state index in [-0.39, 0.29) is 11.7 Å². The molecule has 0 N–H and O–H groups in total. The van der Waals surface area contributed by atoms with Crippen molar-refractivity contribution in [2.24, 2.45) is 0 Å². The molecule has 0 radical (unpaired) electrons. The average Bonchev–Trinajstić information content (AvgIpc) is 2.77. The maximum Gasteiger partial charge on any atom is 0.145 e. The van der Waals surface area contributed by atoms with E-state index in [2.05, 4.69) is 6.92 Å². The van der Waals surface area contributed by atoms with Crippen LogP contribution in [0.25, 0.3) is 0 Å². The molecule has 1 unspecified atom stereocenters. The van der Waals surface area contributed by atoms with Crippen LogP contribution < -0.4 is 0 Å². The maximum atomic E-state index is 12.3. The molecular weight excluding hydrogens is 264 g/mol. The molecule has 0 fully saturated rings. The molecule has 1 aromatic carbocycles. The Kier molecular flexibility index (Phi) is 4.56. The first-order valence-electron chi connectivity index (χ1n) is 6.02. The molecule has 0 aliphatic heterocycles. The van der Waals surface area contributed by atoms with E-state index in [0.717, 1.165) is 21.2 Å². The fourth-order valence-electron chi connectivity index (χ4n) is 2.08. The lowest BCUT2D eigenvalue weighted by molar-refractivity contribution is -0.119. The van der Waals surface area contributed by atoms with Gasteiger partial charge in [-0.3, -0.25) is 4.79 Å². The summed E-state index contributed by atoms with van der Waals surface area (Å²) in [7, 11) is 0. The monoisotopic (exact) mass is 278 g/mol. The summed E-state index contributed by atoms with van der Waals surface area (Å²) in [5.41, 5.74) is 1.10. The number of thiophene rings is 1.